The number of aryl methyl sites for hydroxylation is 3. The first-order valence-electron chi connectivity index (χ1n) is 10.8. The molecular formula is C23H30N4O2. The van der Waals surface area contributed by atoms with E-state index in [1.54, 1.807) is 4.68 Å². The van der Waals surface area contributed by atoms with Gasteiger partial charge in [0, 0.05) is 18.5 Å². The molecule has 2 N–H and O–H groups in total. The highest BCUT2D eigenvalue weighted by molar-refractivity contribution is 5.93. The second-order valence-corrected chi connectivity index (χ2v) is 8.31. The smallest absolute Gasteiger partial charge is 0.269 e. The Morgan fingerprint density at radius 1 is 1.10 bits per heavy atom. The zero-order valence-corrected chi connectivity index (χ0v) is 17.3. The van der Waals surface area contributed by atoms with Gasteiger partial charge >= 0.3 is 0 Å². The van der Waals surface area contributed by atoms with Crippen molar-refractivity contribution in [2.24, 2.45) is 5.92 Å². The lowest BCUT2D eigenvalue weighted by Gasteiger charge is -2.29. The van der Waals surface area contributed by atoms with Crippen LogP contribution in [-0.4, -0.2) is 27.6 Å². The van der Waals surface area contributed by atoms with Gasteiger partial charge in [-0.25, -0.2) is 0 Å². The van der Waals surface area contributed by atoms with Gasteiger partial charge in [-0.05, 0) is 69.6 Å². The Kier molecular flexibility index (Phi) is 5.69. The third-order valence-electron chi connectivity index (χ3n) is 6.32. The summed E-state index contributed by atoms with van der Waals surface area (Å²) in [4.78, 5) is 25.4. The molecule has 1 heterocycles. The van der Waals surface area contributed by atoms with Gasteiger partial charge in [-0.3, -0.25) is 14.3 Å². The summed E-state index contributed by atoms with van der Waals surface area (Å²) in [5.41, 5.74) is 4.09. The number of carbonyl (C=O) groups is 2. The van der Waals surface area contributed by atoms with Gasteiger partial charge in [-0.2, -0.15) is 5.10 Å². The van der Waals surface area contributed by atoms with E-state index in [0.717, 1.165) is 44.2 Å². The van der Waals surface area contributed by atoms with E-state index in [0.29, 0.717) is 12.2 Å². The molecule has 2 aliphatic carbocycles. The number of amides is 2. The van der Waals surface area contributed by atoms with E-state index in [-0.39, 0.29) is 29.8 Å². The van der Waals surface area contributed by atoms with Crippen molar-refractivity contribution in [1.82, 2.24) is 20.4 Å². The Morgan fingerprint density at radius 3 is 2.62 bits per heavy atom. The molecule has 2 aromatic rings. The molecule has 0 aliphatic heterocycles. The van der Waals surface area contributed by atoms with Crippen LogP contribution < -0.4 is 10.6 Å². The minimum Gasteiger partial charge on any atom is -0.349 e. The molecule has 6 nitrogen and oxygen atoms in total. The van der Waals surface area contributed by atoms with Crippen LogP contribution in [0.15, 0.2) is 30.3 Å². The fraction of sp³-hybridized carbons (Fsp3) is 0.522. The third kappa shape index (κ3) is 4.21. The summed E-state index contributed by atoms with van der Waals surface area (Å²) in [5, 5.41) is 10.7. The standard InChI is InChI=1S/C23H30N4O2/c1-3-27-21(14-15(2)26-27)23(29)24-18-11-8-17(9-12-18)22(28)25-20-13-10-16-6-4-5-7-19(16)20/h4-7,14,17-18,20H,3,8-13H2,1-2H3,(H,24,29)(H,25,28). The van der Waals surface area contributed by atoms with E-state index in [1.165, 1.54) is 11.1 Å². The van der Waals surface area contributed by atoms with Gasteiger partial charge in [-0.15, -0.1) is 0 Å². The number of benzene rings is 1. The van der Waals surface area contributed by atoms with Gasteiger partial charge < -0.3 is 10.6 Å². The highest BCUT2D eigenvalue weighted by atomic mass is 16.2. The summed E-state index contributed by atoms with van der Waals surface area (Å²) in [5.74, 6) is 0.137. The fourth-order valence-electron chi connectivity index (χ4n) is 4.73. The number of hydrogen-bond acceptors (Lipinski definition) is 3. The van der Waals surface area contributed by atoms with Gasteiger partial charge in [0.25, 0.3) is 5.91 Å². The van der Waals surface area contributed by atoms with Crippen molar-refractivity contribution in [1.29, 1.82) is 0 Å². The highest BCUT2D eigenvalue weighted by Crippen LogP contribution is 2.32. The topological polar surface area (TPSA) is 76.0 Å². The minimum atomic E-state index is -0.0667. The van der Waals surface area contributed by atoms with Crippen molar-refractivity contribution in [3.63, 3.8) is 0 Å². The van der Waals surface area contributed by atoms with Crippen LogP contribution in [0, 0.1) is 12.8 Å². The van der Waals surface area contributed by atoms with Crippen LogP contribution in [0.1, 0.15) is 72.4 Å². The van der Waals surface area contributed by atoms with Crippen LogP contribution in [-0.2, 0) is 17.8 Å². The Morgan fingerprint density at radius 2 is 1.86 bits per heavy atom. The molecule has 1 atom stereocenters. The van der Waals surface area contributed by atoms with Crippen LogP contribution >= 0.6 is 0 Å². The lowest BCUT2D eigenvalue weighted by Crippen LogP contribution is -2.41. The van der Waals surface area contributed by atoms with E-state index in [9.17, 15) is 9.59 Å². The average molecular weight is 395 g/mol. The molecule has 0 bridgehead atoms. The number of nitrogens with zero attached hydrogens (tertiary/aromatic N) is 2. The molecule has 0 spiro atoms. The molecule has 6 heteroatoms. The maximum absolute atomic E-state index is 12.8. The maximum Gasteiger partial charge on any atom is 0.269 e. The Balaban J connectivity index is 1.28. The zero-order valence-electron chi connectivity index (χ0n) is 17.3. The summed E-state index contributed by atoms with van der Waals surface area (Å²) in [6.07, 6.45) is 5.33. The normalized spacial score (nSPS) is 23.4. The van der Waals surface area contributed by atoms with Crippen molar-refractivity contribution in [2.45, 2.75) is 71.0 Å². The molecule has 1 fully saturated rings. The number of hydrogen-bond donors (Lipinski definition) is 2. The van der Waals surface area contributed by atoms with Crippen molar-refractivity contribution >= 4 is 11.8 Å². The molecule has 0 radical (unpaired) electrons. The molecule has 2 amide bonds. The second-order valence-electron chi connectivity index (χ2n) is 8.31. The molecular weight excluding hydrogens is 364 g/mol. The number of nitrogens with one attached hydrogen (secondary N) is 2. The molecule has 154 valence electrons. The summed E-state index contributed by atoms with van der Waals surface area (Å²) >= 11 is 0. The van der Waals surface area contributed by atoms with Crippen molar-refractivity contribution in [3.8, 4) is 0 Å². The van der Waals surface area contributed by atoms with Gasteiger partial charge in [0.15, 0.2) is 0 Å². The van der Waals surface area contributed by atoms with Gasteiger partial charge in [-0.1, -0.05) is 24.3 Å². The van der Waals surface area contributed by atoms with Crippen LogP contribution in [0.25, 0.3) is 0 Å². The molecule has 1 unspecified atom stereocenters. The molecule has 1 aromatic carbocycles. The van der Waals surface area contributed by atoms with E-state index < -0.39 is 0 Å². The van der Waals surface area contributed by atoms with Crippen LogP contribution in [0.2, 0.25) is 0 Å². The third-order valence-corrected chi connectivity index (χ3v) is 6.32. The molecule has 1 aromatic heterocycles. The quantitative estimate of drug-likeness (QED) is 0.817. The summed E-state index contributed by atoms with van der Waals surface area (Å²) in [7, 11) is 0. The predicted octanol–water partition coefficient (Wildman–Crippen LogP) is 3.30. The number of rotatable bonds is 5. The van der Waals surface area contributed by atoms with E-state index in [4.69, 9.17) is 0 Å². The van der Waals surface area contributed by atoms with Gasteiger partial charge in [0.1, 0.15) is 5.69 Å². The molecule has 1 saturated carbocycles. The lowest BCUT2D eigenvalue weighted by molar-refractivity contribution is -0.126. The zero-order chi connectivity index (χ0) is 20.4. The van der Waals surface area contributed by atoms with Crippen molar-refractivity contribution in [3.05, 3.63) is 52.8 Å². The van der Waals surface area contributed by atoms with Crippen molar-refractivity contribution < 1.29 is 9.59 Å². The van der Waals surface area contributed by atoms with Crippen molar-refractivity contribution in [2.75, 3.05) is 0 Å². The Bertz CT molecular complexity index is 896. The summed E-state index contributed by atoms with van der Waals surface area (Å²) < 4.78 is 1.74. The molecule has 4 rings (SSSR count). The fourth-order valence-corrected chi connectivity index (χ4v) is 4.73. The largest absolute Gasteiger partial charge is 0.349 e. The molecule has 29 heavy (non-hydrogen) atoms. The summed E-state index contributed by atoms with van der Waals surface area (Å²) in [6, 6.07) is 10.5. The Labute approximate surface area is 172 Å². The first-order valence-corrected chi connectivity index (χ1v) is 10.8. The van der Waals surface area contributed by atoms with Crippen LogP contribution in [0.4, 0.5) is 0 Å². The van der Waals surface area contributed by atoms with E-state index in [2.05, 4.69) is 33.9 Å². The number of fused-ring (bicyclic) bond motifs is 1. The van der Waals surface area contributed by atoms with E-state index >= 15 is 0 Å². The van der Waals surface area contributed by atoms with Gasteiger partial charge in [0.2, 0.25) is 5.91 Å². The number of carbonyl (C=O) groups excluding carboxylic acids is 2. The average Bonchev–Trinajstić information content (AvgIpc) is 3.32. The SMILES string of the molecule is CCn1nc(C)cc1C(=O)NC1CCC(C(=O)NC2CCc3ccccc32)CC1. The maximum atomic E-state index is 12.8. The first kappa shape index (κ1) is 19.7. The highest BCUT2D eigenvalue weighted by Gasteiger charge is 2.30. The molecule has 0 saturated heterocycles. The number of aromatic nitrogens is 2. The predicted molar refractivity (Wildman–Crippen MR) is 111 cm³/mol. The van der Waals surface area contributed by atoms with Gasteiger partial charge in [0.05, 0.1) is 11.7 Å². The summed E-state index contributed by atoms with van der Waals surface area (Å²) in [6.45, 7) is 4.55. The van der Waals surface area contributed by atoms with Crippen LogP contribution in [0.3, 0.4) is 0 Å². The van der Waals surface area contributed by atoms with Crippen LogP contribution in [0.5, 0.6) is 0 Å². The Hall–Kier alpha value is -2.63. The minimum absolute atomic E-state index is 0.0410. The molecule has 2 aliphatic rings. The second kappa shape index (κ2) is 8.39. The first-order chi connectivity index (χ1) is 14.0. The lowest BCUT2D eigenvalue weighted by atomic mass is 9.85. The monoisotopic (exact) mass is 394 g/mol. The van der Waals surface area contributed by atoms with E-state index in [1.807, 2.05) is 26.0 Å².